The van der Waals surface area contributed by atoms with E-state index in [1.54, 1.807) is 13.0 Å². The minimum atomic E-state index is -4.47. The predicted octanol–water partition coefficient (Wildman–Crippen LogP) is 3.24. The smallest absolute Gasteiger partial charge is 0.312 e. The first kappa shape index (κ1) is 20.9. The molecule has 29 heavy (non-hydrogen) atoms. The van der Waals surface area contributed by atoms with E-state index in [4.69, 9.17) is 0 Å². The fourth-order valence-corrected chi connectivity index (χ4v) is 3.19. The van der Waals surface area contributed by atoms with Gasteiger partial charge in [-0.1, -0.05) is 6.07 Å². The maximum absolute atomic E-state index is 13.0. The van der Waals surface area contributed by atoms with Crippen LogP contribution in [0.4, 0.5) is 19.0 Å². The number of benzene rings is 1. The Morgan fingerprint density at radius 3 is 2.83 bits per heavy atom. The minimum absolute atomic E-state index is 0. The lowest BCUT2D eigenvalue weighted by atomic mass is 10.1. The molecule has 0 aliphatic carbocycles. The molecule has 0 fully saturated rings. The highest BCUT2D eigenvalue weighted by Gasteiger charge is 2.31. The number of rotatable bonds is 3. The van der Waals surface area contributed by atoms with Gasteiger partial charge in [-0.25, -0.2) is 4.68 Å². The Balaban J connectivity index is 0.00000240. The van der Waals surface area contributed by atoms with Gasteiger partial charge >= 0.3 is 6.18 Å². The lowest BCUT2D eigenvalue weighted by molar-refractivity contribution is -0.137. The summed E-state index contributed by atoms with van der Waals surface area (Å²) < 4.78 is 40.4. The molecule has 1 aliphatic rings. The zero-order chi connectivity index (χ0) is 19.9. The highest BCUT2D eigenvalue weighted by atomic mass is 35.5. The number of nitrogens with zero attached hydrogens (tertiary/aromatic N) is 3. The Labute approximate surface area is 170 Å². The molecule has 0 bridgehead atoms. The third kappa shape index (κ3) is 4.13. The fraction of sp³-hybridized carbons (Fsp3) is 0.278. The SMILES string of the molecule is Cc1cc(NC(=O)c2n[nH]c3c2CNCC3)n(-c2cccc(C(F)(F)F)c2)n1.Cl. The number of aryl methyl sites for hydroxylation is 1. The molecule has 1 aromatic carbocycles. The fourth-order valence-electron chi connectivity index (χ4n) is 3.19. The lowest BCUT2D eigenvalue weighted by Gasteiger charge is -2.13. The van der Waals surface area contributed by atoms with Crippen LogP contribution in [-0.4, -0.2) is 32.4 Å². The van der Waals surface area contributed by atoms with Crippen molar-refractivity contribution in [2.45, 2.75) is 26.1 Å². The average Bonchev–Trinajstić information content (AvgIpc) is 3.24. The van der Waals surface area contributed by atoms with Gasteiger partial charge in [0.2, 0.25) is 0 Å². The van der Waals surface area contributed by atoms with E-state index in [1.165, 1.54) is 16.8 Å². The first-order valence-electron chi connectivity index (χ1n) is 8.65. The van der Waals surface area contributed by atoms with E-state index in [0.29, 0.717) is 12.2 Å². The van der Waals surface area contributed by atoms with E-state index in [9.17, 15) is 18.0 Å². The summed E-state index contributed by atoms with van der Waals surface area (Å²) in [5.74, 6) is -0.184. The van der Waals surface area contributed by atoms with Crippen molar-refractivity contribution in [2.24, 2.45) is 0 Å². The van der Waals surface area contributed by atoms with Gasteiger partial charge in [-0.05, 0) is 25.1 Å². The van der Waals surface area contributed by atoms with Crippen LogP contribution < -0.4 is 10.6 Å². The standard InChI is InChI=1S/C18H17F3N6O.ClH/c1-10-7-15(23-17(28)16-13-9-22-6-5-14(13)24-25-16)27(26-10)12-4-2-3-11(8-12)18(19,20)21;/h2-4,7-8,22H,5-6,9H2,1H3,(H,23,28)(H,24,25);1H. The lowest BCUT2D eigenvalue weighted by Crippen LogP contribution is -2.25. The van der Waals surface area contributed by atoms with Gasteiger partial charge in [-0.2, -0.15) is 23.4 Å². The summed E-state index contributed by atoms with van der Waals surface area (Å²) in [4.78, 5) is 12.7. The van der Waals surface area contributed by atoms with Crippen LogP contribution in [0.1, 0.15) is 33.0 Å². The number of hydrogen-bond donors (Lipinski definition) is 3. The second kappa shape index (κ2) is 7.88. The Bertz CT molecular complexity index is 1040. The molecule has 3 heterocycles. The number of anilines is 1. The summed E-state index contributed by atoms with van der Waals surface area (Å²) in [6.07, 6.45) is -3.72. The quantitative estimate of drug-likeness (QED) is 0.600. The van der Waals surface area contributed by atoms with Crippen molar-refractivity contribution in [1.82, 2.24) is 25.3 Å². The van der Waals surface area contributed by atoms with Crippen LogP contribution in [0.3, 0.4) is 0 Å². The summed E-state index contributed by atoms with van der Waals surface area (Å²) in [5.41, 5.74) is 1.93. The first-order chi connectivity index (χ1) is 13.3. The summed E-state index contributed by atoms with van der Waals surface area (Å²) in [6, 6.07) is 6.37. The Morgan fingerprint density at radius 2 is 2.07 bits per heavy atom. The van der Waals surface area contributed by atoms with Crippen molar-refractivity contribution < 1.29 is 18.0 Å². The topological polar surface area (TPSA) is 87.6 Å². The third-order valence-corrected chi connectivity index (χ3v) is 4.51. The van der Waals surface area contributed by atoms with E-state index in [1.807, 2.05) is 0 Å². The molecule has 3 N–H and O–H groups in total. The molecular formula is C18H18ClF3N6O. The van der Waals surface area contributed by atoms with Crippen LogP contribution in [0.15, 0.2) is 30.3 Å². The van der Waals surface area contributed by atoms with Crippen LogP contribution >= 0.6 is 12.4 Å². The van der Waals surface area contributed by atoms with E-state index in [-0.39, 0.29) is 29.6 Å². The van der Waals surface area contributed by atoms with Crippen LogP contribution in [-0.2, 0) is 19.1 Å². The Morgan fingerprint density at radius 1 is 1.28 bits per heavy atom. The number of nitrogens with one attached hydrogen (secondary N) is 3. The number of fused-ring (bicyclic) bond motifs is 1. The number of H-pyrrole nitrogens is 1. The number of alkyl halides is 3. The van der Waals surface area contributed by atoms with Gasteiger partial charge in [0.25, 0.3) is 5.91 Å². The van der Waals surface area contributed by atoms with Gasteiger partial charge in [0.1, 0.15) is 5.82 Å². The molecule has 0 radical (unpaired) electrons. The van der Waals surface area contributed by atoms with Crippen molar-refractivity contribution >= 4 is 24.1 Å². The molecule has 0 saturated heterocycles. The molecule has 0 unspecified atom stereocenters. The summed E-state index contributed by atoms with van der Waals surface area (Å²) in [7, 11) is 0. The molecule has 4 rings (SSSR count). The minimum Gasteiger partial charge on any atom is -0.312 e. The molecule has 0 saturated carbocycles. The van der Waals surface area contributed by atoms with E-state index < -0.39 is 17.6 Å². The first-order valence-corrected chi connectivity index (χ1v) is 8.65. The van der Waals surface area contributed by atoms with E-state index in [2.05, 4.69) is 25.9 Å². The average molecular weight is 427 g/mol. The van der Waals surface area contributed by atoms with Crippen molar-refractivity contribution in [3.63, 3.8) is 0 Å². The number of amides is 1. The maximum atomic E-state index is 13.0. The largest absolute Gasteiger partial charge is 0.416 e. The molecule has 1 amide bonds. The van der Waals surface area contributed by atoms with Gasteiger partial charge in [0.15, 0.2) is 5.69 Å². The summed E-state index contributed by atoms with van der Waals surface area (Å²) in [6.45, 7) is 3.03. The number of aromatic amines is 1. The van der Waals surface area contributed by atoms with E-state index >= 15 is 0 Å². The predicted molar refractivity (Wildman–Crippen MR) is 103 cm³/mol. The highest BCUT2D eigenvalue weighted by molar-refractivity contribution is 6.03. The van der Waals surface area contributed by atoms with Gasteiger partial charge in [-0.3, -0.25) is 9.89 Å². The number of halogens is 4. The van der Waals surface area contributed by atoms with Crippen molar-refractivity contribution in [2.75, 3.05) is 11.9 Å². The molecule has 0 spiro atoms. The molecule has 11 heteroatoms. The number of aromatic nitrogens is 4. The van der Waals surface area contributed by atoms with Crippen molar-refractivity contribution in [3.05, 3.63) is 58.5 Å². The zero-order valence-electron chi connectivity index (χ0n) is 15.3. The number of carbonyl (C=O) groups is 1. The van der Waals surface area contributed by atoms with Gasteiger partial charge < -0.3 is 10.6 Å². The normalized spacial score (nSPS) is 13.5. The van der Waals surface area contributed by atoms with Gasteiger partial charge in [-0.15, -0.1) is 12.4 Å². The zero-order valence-corrected chi connectivity index (χ0v) is 16.1. The third-order valence-electron chi connectivity index (χ3n) is 4.51. The number of hydrogen-bond acceptors (Lipinski definition) is 4. The summed E-state index contributed by atoms with van der Waals surface area (Å²) in [5, 5.41) is 17.1. The highest BCUT2D eigenvalue weighted by Crippen LogP contribution is 2.31. The molecule has 0 atom stereocenters. The van der Waals surface area contributed by atoms with Crippen molar-refractivity contribution in [1.29, 1.82) is 0 Å². The Kier molecular flexibility index (Phi) is 5.67. The van der Waals surface area contributed by atoms with Crippen molar-refractivity contribution in [3.8, 4) is 5.69 Å². The monoisotopic (exact) mass is 426 g/mol. The Hall–Kier alpha value is -2.85. The van der Waals surface area contributed by atoms with Crippen LogP contribution in [0, 0.1) is 6.92 Å². The van der Waals surface area contributed by atoms with Gasteiger partial charge in [0, 0.05) is 36.8 Å². The van der Waals surface area contributed by atoms with Crippen LogP contribution in [0.5, 0.6) is 0 Å². The second-order valence-electron chi connectivity index (χ2n) is 6.54. The molecule has 7 nitrogen and oxygen atoms in total. The maximum Gasteiger partial charge on any atom is 0.416 e. The summed E-state index contributed by atoms with van der Waals surface area (Å²) >= 11 is 0. The van der Waals surface area contributed by atoms with Crippen LogP contribution in [0.25, 0.3) is 5.69 Å². The van der Waals surface area contributed by atoms with E-state index in [0.717, 1.165) is 36.4 Å². The second-order valence-corrected chi connectivity index (χ2v) is 6.54. The molecule has 3 aromatic rings. The molecule has 1 aliphatic heterocycles. The molecule has 154 valence electrons. The molecular weight excluding hydrogens is 409 g/mol. The molecule has 2 aromatic heterocycles. The van der Waals surface area contributed by atoms with Gasteiger partial charge in [0.05, 0.1) is 16.9 Å². The number of carbonyl (C=O) groups excluding carboxylic acids is 1. The van der Waals surface area contributed by atoms with Crippen LogP contribution in [0.2, 0.25) is 0 Å².